The van der Waals surface area contributed by atoms with E-state index < -0.39 is 0 Å². The van der Waals surface area contributed by atoms with E-state index in [-0.39, 0.29) is 5.91 Å². The number of thiazole rings is 1. The van der Waals surface area contributed by atoms with Gasteiger partial charge in [-0.2, -0.15) is 10.1 Å². The summed E-state index contributed by atoms with van der Waals surface area (Å²) in [6, 6.07) is 0. The van der Waals surface area contributed by atoms with E-state index >= 15 is 0 Å². The number of rotatable bonds is 2. The van der Waals surface area contributed by atoms with Crippen LogP contribution in [-0.2, 0) is 26.4 Å². The van der Waals surface area contributed by atoms with Crippen LogP contribution in [0.2, 0.25) is 0 Å². The minimum absolute atomic E-state index is 0.302. The monoisotopic (exact) mass is 357 g/mol. The second kappa shape index (κ2) is 5.80. The molecule has 0 spiro atoms. The summed E-state index contributed by atoms with van der Waals surface area (Å²) in [5.41, 5.74) is 4.55. The molecule has 0 saturated heterocycles. The molecule has 0 fully saturated rings. The molecule has 0 aromatic carbocycles. The number of hydrogen-bond donors (Lipinski definition) is 0. The van der Waals surface area contributed by atoms with E-state index in [1.165, 1.54) is 10.6 Å². The second-order valence-corrected chi connectivity index (χ2v) is 7.21. The first-order chi connectivity index (χ1) is 12.0. The quantitative estimate of drug-likeness (QED) is 0.706. The van der Waals surface area contributed by atoms with E-state index in [1.54, 1.807) is 25.2 Å². The maximum atomic E-state index is 12.7. The zero-order valence-corrected chi connectivity index (χ0v) is 15.5. The van der Waals surface area contributed by atoms with E-state index in [1.807, 2.05) is 17.9 Å². The SMILES string of the molecule is CCn1c2c(sc1=NC(=O)c1c(C)noc1C)CCc1c-2cnn1C. The highest BCUT2D eigenvalue weighted by Crippen LogP contribution is 2.34. The highest BCUT2D eigenvalue weighted by Gasteiger charge is 2.25. The van der Waals surface area contributed by atoms with Crippen LogP contribution in [0.3, 0.4) is 0 Å². The number of amides is 1. The van der Waals surface area contributed by atoms with Gasteiger partial charge in [0, 0.05) is 29.7 Å². The molecule has 7 nitrogen and oxygen atoms in total. The fraction of sp³-hybridized carbons (Fsp3) is 0.412. The van der Waals surface area contributed by atoms with Gasteiger partial charge in [-0.25, -0.2) is 0 Å². The smallest absolute Gasteiger partial charge is 0.285 e. The lowest BCUT2D eigenvalue weighted by atomic mass is 10.00. The third kappa shape index (κ3) is 2.39. The molecule has 0 N–H and O–H groups in total. The highest BCUT2D eigenvalue weighted by molar-refractivity contribution is 7.09. The summed E-state index contributed by atoms with van der Waals surface area (Å²) in [6.07, 6.45) is 3.81. The van der Waals surface area contributed by atoms with Crippen LogP contribution >= 0.6 is 11.3 Å². The number of fused-ring (bicyclic) bond motifs is 3. The van der Waals surface area contributed by atoms with Gasteiger partial charge in [-0.1, -0.05) is 5.16 Å². The molecular formula is C17H19N5O2S. The summed E-state index contributed by atoms with van der Waals surface area (Å²) in [5.74, 6) is 0.202. The Bertz CT molecular complexity index is 1030. The molecule has 0 unspecified atom stereocenters. The van der Waals surface area contributed by atoms with Crippen LogP contribution in [0.25, 0.3) is 11.3 Å². The van der Waals surface area contributed by atoms with Gasteiger partial charge >= 0.3 is 0 Å². The van der Waals surface area contributed by atoms with E-state index in [2.05, 4.69) is 26.7 Å². The molecule has 3 heterocycles. The number of aromatic nitrogens is 4. The van der Waals surface area contributed by atoms with Crippen molar-refractivity contribution in [2.75, 3.05) is 0 Å². The van der Waals surface area contributed by atoms with E-state index in [0.717, 1.165) is 30.6 Å². The summed E-state index contributed by atoms with van der Waals surface area (Å²) in [4.78, 5) is 19.0. The summed E-state index contributed by atoms with van der Waals surface area (Å²) < 4.78 is 9.14. The topological polar surface area (TPSA) is 78.2 Å². The summed E-state index contributed by atoms with van der Waals surface area (Å²) in [6.45, 7) is 6.30. The van der Waals surface area contributed by atoms with Gasteiger partial charge < -0.3 is 9.09 Å². The van der Waals surface area contributed by atoms with Crippen molar-refractivity contribution in [3.05, 3.63) is 38.6 Å². The van der Waals surface area contributed by atoms with Crippen molar-refractivity contribution < 1.29 is 9.32 Å². The summed E-state index contributed by atoms with van der Waals surface area (Å²) in [7, 11) is 1.97. The normalized spacial score (nSPS) is 13.8. The Morgan fingerprint density at radius 1 is 1.40 bits per heavy atom. The van der Waals surface area contributed by atoms with Crippen molar-refractivity contribution in [2.45, 2.75) is 40.2 Å². The Balaban J connectivity index is 1.88. The van der Waals surface area contributed by atoms with Crippen LogP contribution < -0.4 is 4.80 Å². The van der Waals surface area contributed by atoms with Crippen LogP contribution in [0.1, 0.15) is 39.3 Å². The molecule has 3 aromatic heterocycles. The number of carbonyl (C=O) groups is 1. The van der Waals surface area contributed by atoms with Crippen LogP contribution in [0.5, 0.6) is 0 Å². The standard InChI is InChI=1S/C17H19N5O2S/c1-5-22-15-11-8-18-21(4)12(11)6-7-13(15)25-17(22)19-16(23)14-9(2)20-24-10(14)3/h8H,5-7H2,1-4H3. The largest absolute Gasteiger partial charge is 0.361 e. The molecule has 1 amide bonds. The number of hydrogen-bond acceptors (Lipinski definition) is 5. The Labute approximate surface area is 148 Å². The third-order valence-corrected chi connectivity index (χ3v) is 5.78. The van der Waals surface area contributed by atoms with Crippen molar-refractivity contribution in [3.63, 3.8) is 0 Å². The Kier molecular flexibility index (Phi) is 3.72. The van der Waals surface area contributed by atoms with Gasteiger partial charge in [0.2, 0.25) is 0 Å². The fourth-order valence-electron chi connectivity index (χ4n) is 3.42. The van der Waals surface area contributed by atoms with E-state index in [0.29, 0.717) is 21.8 Å². The predicted molar refractivity (Wildman–Crippen MR) is 93.5 cm³/mol. The van der Waals surface area contributed by atoms with Gasteiger partial charge in [0.15, 0.2) is 4.80 Å². The second-order valence-electron chi connectivity index (χ2n) is 6.15. The number of aryl methyl sites for hydroxylation is 4. The average Bonchev–Trinajstić information content (AvgIpc) is 3.22. The predicted octanol–water partition coefficient (Wildman–Crippen LogP) is 2.41. The molecule has 0 aliphatic heterocycles. The lowest BCUT2D eigenvalue weighted by Gasteiger charge is -2.15. The maximum Gasteiger partial charge on any atom is 0.285 e. The Morgan fingerprint density at radius 3 is 2.88 bits per heavy atom. The van der Waals surface area contributed by atoms with Crippen molar-refractivity contribution >= 4 is 17.2 Å². The Hall–Kier alpha value is -2.48. The molecule has 1 aliphatic rings. The van der Waals surface area contributed by atoms with Crippen molar-refractivity contribution in [1.82, 2.24) is 19.5 Å². The Morgan fingerprint density at radius 2 is 2.20 bits per heavy atom. The van der Waals surface area contributed by atoms with Crippen LogP contribution in [0.4, 0.5) is 0 Å². The summed E-state index contributed by atoms with van der Waals surface area (Å²) in [5, 5.41) is 8.25. The first-order valence-corrected chi connectivity index (χ1v) is 9.08. The lowest BCUT2D eigenvalue weighted by molar-refractivity contribution is 0.0996. The number of carbonyl (C=O) groups excluding carboxylic acids is 1. The van der Waals surface area contributed by atoms with Gasteiger partial charge in [0.25, 0.3) is 5.91 Å². The lowest BCUT2D eigenvalue weighted by Crippen LogP contribution is -2.18. The third-order valence-electron chi connectivity index (χ3n) is 4.65. The molecule has 1 aliphatic carbocycles. The van der Waals surface area contributed by atoms with E-state index in [4.69, 9.17) is 4.52 Å². The van der Waals surface area contributed by atoms with E-state index in [9.17, 15) is 4.79 Å². The molecule has 25 heavy (non-hydrogen) atoms. The van der Waals surface area contributed by atoms with Crippen LogP contribution in [0, 0.1) is 13.8 Å². The van der Waals surface area contributed by atoms with Crippen LogP contribution in [-0.4, -0.2) is 25.4 Å². The fourth-order valence-corrected chi connectivity index (χ4v) is 4.62. The van der Waals surface area contributed by atoms with Gasteiger partial charge in [-0.3, -0.25) is 9.48 Å². The average molecular weight is 357 g/mol. The highest BCUT2D eigenvalue weighted by atomic mass is 32.1. The van der Waals surface area contributed by atoms with Gasteiger partial charge in [-0.15, -0.1) is 11.3 Å². The zero-order valence-electron chi connectivity index (χ0n) is 14.7. The van der Waals surface area contributed by atoms with Crippen molar-refractivity contribution in [2.24, 2.45) is 12.0 Å². The van der Waals surface area contributed by atoms with Gasteiger partial charge in [0.1, 0.15) is 11.3 Å². The van der Waals surface area contributed by atoms with Gasteiger partial charge in [0.05, 0.1) is 17.6 Å². The van der Waals surface area contributed by atoms with Crippen molar-refractivity contribution in [1.29, 1.82) is 0 Å². The number of nitrogens with zero attached hydrogens (tertiary/aromatic N) is 5. The molecule has 0 bridgehead atoms. The van der Waals surface area contributed by atoms with Crippen molar-refractivity contribution in [3.8, 4) is 11.3 Å². The minimum Gasteiger partial charge on any atom is -0.361 e. The van der Waals surface area contributed by atoms with Gasteiger partial charge in [-0.05, 0) is 33.6 Å². The summed E-state index contributed by atoms with van der Waals surface area (Å²) >= 11 is 1.58. The first-order valence-electron chi connectivity index (χ1n) is 8.27. The molecule has 8 heteroatoms. The molecule has 0 saturated carbocycles. The van der Waals surface area contributed by atoms with Crippen LogP contribution in [0.15, 0.2) is 15.7 Å². The molecule has 0 radical (unpaired) electrons. The molecule has 0 atom stereocenters. The molecule has 130 valence electrons. The molecule has 3 aromatic rings. The zero-order chi connectivity index (χ0) is 17.7. The molecule has 4 rings (SSSR count). The maximum absolute atomic E-state index is 12.7. The minimum atomic E-state index is -0.302. The molecular weight excluding hydrogens is 338 g/mol. The first kappa shape index (κ1) is 16.0.